The van der Waals surface area contributed by atoms with Crippen LogP contribution in [0.15, 0.2) is 16.9 Å². The first-order valence-electron chi connectivity index (χ1n) is 5.56. The number of hydrogen-bond donors (Lipinski definition) is 1. The molecule has 1 atom stereocenters. The average Bonchev–Trinajstić information content (AvgIpc) is 2.56. The Morgan fingerprint density at radius 2 is 2.00 bits per heavy atom. The summed E-state index contributed by atoms with van der Waals surface area (Å²) in [5.41, 5.74) is -0.0430. The molecule has 0 radical (unpaired) electrons. The number of rotatable bonds is 3. The van der Waals surface area contributed by atoms with Crippen molar-refractivity contribution in [2.45, 2.75) is 46.2 Å². The standard InChI is InChI=1S/C12H18N2O3/c1-8(2)14(12(3,4)5)9(7-15)6-10(13-14)11(16)17/h6-8H,1-5H3/p+1. The van der Waals surface area contributed by atoms with Gasteiger partial charge in [0.1, 0.15) is 11.6 Å². The van der Waals surface area contributed by atoms with Crippen molar-refractivity contribution in [1.82, 2.24) is 0 Å². The number of quaternary nitrogens is 1. The molecule has 94 valence electrons. The molecule has 0 aromatic carbocycles. The lowest BCUT2D eigenvalue weighted by atomic mass is 10.0. The molecule has 0 saturated carbocycles. The van der Waals surface area contributed by atoms with Crippen LogP contribution < -0.4 is 0 Å². The Balaban J connectivity index is 3.48. The molecular weight excluding hydrogens is 220 g/mol. The number of nitrogens with zero attached hydrogens (tertiary/aromatic N) is 2. The summed E-state index contributed by atoms with van der Waals surface area (Å²) in [6.07, 6.45) is 2.06. The number of carbonyl (C=O) groups is 2. The molecule has 1 aliphatic rings. The van der Waals surface area contributed by atoms with E-state index in [1.807, 2.05) is 34.6 Å². The van der Waals surface area contributed by atoms with Gasteiger partial charge in [0.05, 0.1) is 0 Å². The van der Waals surface area contributed by atoms with E-state index in [2.05, 4.69) is 5.10 Å². The molecule has 5 nitrogen and oxygen atoms in total. The first-order valence-corrected chi connectivity index (χ1v) is 5.56. The lowest BCUT2D eigenvalue weighted by molar-refractivity contribution is -0.955. The fraction of sp³-hybridized carbons (Fsp3) is 0.583. The third kappa shape index (κ3) is 1.91. The minimum absolute atomic E-state index is 0.0108. The van der Waals surface area contributed by atoms with E-state index in [1.165, 1.54) is 6.08 Å². The van der Waals surface area contributed by atoms with Crippen molar-refractivity contribution in [2.75, 3.05) is 0 Å². The van der Waals surface area contributed by atoms with Crippen molar-refractivity contribution in [3.8, 4) is 0 Å². The van der Waals surface area contributed by atoms with Gasteiger partial charge in [-0.25, -0.2) is 4.79 Å². The van der Waals surface area contributed by atoms with Gasteiger partial charge in [-0.15, -0.1) is 0 Å². The van der Waals surface area contributed by atoms with E-state index in [4.69, 9.17) is 5.11 Å². The SMILES string of the molecule is CC(C)[N+]1(C(C)(C)C)N=C(C(=O)O)C=C1C=O. The van der Waals surface area contributed by atoms with Gasteiger partial charge in [-0.05, 0) is 34.6 Å². The fourth-order valence-corrected chi connectivity index (χ4v) is 2.44. The second-order valence-corrected chi connectivity index (χ2v) is 5.43. The summed E-state index contributed by atoms with van der Waals surface area (Å²) in [7, 11) is 0. The van der Waals surface area contributed by atoms with Crippen LogP contribution >= 0.6 is 0 Å². The molecule has 0 fully saturated rings. The molecular formula is C12H19N2O3+. The van der Waals surface area contributed by atoms with E-state index in [-0.39, 0.29) is 21.9 Å². The van der Waals surface area contributed by atoms with Crippen molar-refractivity contribution in [3.05, 3.63) is 11.8 Å². The van der Waals surface area contributed by atoms with Crippen molar-refractivity contribution in [1.29, 1.82) is 0 Å². The number of hydrogen-bond acceptors (Lipinski definition) is 3. The minimum Gasteiger partial charge on any atom is -0.476 e. The summed E-state index contributed by atoms with van der Waals surface area (Å²) in [6.45, 7) is 9.68. The van der Waals surface area contributed by atoms with Crippen molar-refractivity contribution in [2.24, 2.45) is 5.10 Å². The molecule has 0 bridgehead atoms. The van der Waals surface area contributed by atoms with Crippen LogP contribution in [0.5, 0.6) is 0 Å². The van der Waals surface area contributed by atoms with E-state index in [1.54, 1.807) is 0 Å². The van der Waals surface area contributed by atoms with Crippen molar-refractivity contribution in [3.63, 3.8) is 0 Å². The van der Waals surface area contributed by atoms with Crippen LogP contribution in [-0.4, -0.2) is 39.2 Å². The van der Waals surface area contributed by atoms with Gasteiger partial charge < -0.3 is 5.11 Å². The minimum atomic E-state index is -1.10. The number of carboxylic acid groups (broad SMARTS) is 1. The molecule has 1 aliphatic heterocycles. The lowest BCUT2D eigenvalue weighted by Crippen LogP contribution is -2.58. The first-order chi connectivity index (χ1) is 7.66. The second kappa shape index (κ2) is 4.07. The number of aldehydes is 1. The Morgan fingerprint density at radius 1 is 1.47 bits per heavy atom. The zero-order valence-corrected chi connectivity index (χ0v) is 10.9. The maximum absolute atomic E-state index is 11.2. The third-order valence-electron chi connectivity index (χ3n) is 3.05. The average molecular weight is 239 g/mol. The van der Waals surface area contributed by atoms with Gasteiger partial charge in [0, 0.05) is 6.08 Å². The number of allylic oxidation sites excluding steroid dienone is 1. The highest BCUT2D eigenvalue weighted by Crippen LogP contribution is 2.37. The Labute approximate surface area is 101 Å². The van der Waals surface area contributed by atoms with Gasteiger partial charge in [0.2, 0.25) is 17.7 Å². The summed E-state index contributed by atoms with van der Waals surface area (Å²) < 4.78 is 0.0259. The molecule has 5 heteroatoms. The molecule has 0 aromatic rings. The highest BCUT2D eigenvalue weighted by Gasteiger charge is 2.52. The molecule has 1 unspecified atom stereocenters. The smallest absolute Gasteiger partial charge is 0.360 e. The summed E-state index contributed by atoms with van der Waals surface area (Å²) >= 11 is 0. The van der Waals surface area contributed by atoms with Gasteiger partial charge in [-0.2, -0.15) is 4.59 Å². The maximum Gasteiger partial charge on any atom is 0.360 e. The van der Waals surface area contributed by atoms with Crippen LogP contribution in [0.4, 0.5) is 0 Å². The number of carbonyl (C=O) groups excluding carboxylic acids is 1. The van der Waals surface area contributed by atoms with Crippen molar-refractivity contribution >= 4 is 18.0 Å². The second-order valence-electron chi connectivity index (χ2n) is 5.43. The maximum atomic E-state index is 11.2. The molecule has 1 rings (SSSR count). The van der Waals surface area contributed by atoms with Crippen LogP contribution in [0, 0.1) is 0 Å². The monoisotopic (exact) mass is 239 g/mol. The predicted molar refractivity (Wildman–Crippen MR) is 64.4 cm³/mol. The molecule has 1 N–H and O–H groups in total. The largest absolute Gasteiger partial charge is 0.476 e. The van der Waals surface area contributed by atoms with E-state index in [0.717, 1.165) is 0 Å². The Bertz CT molecular complexity index is 416. The zero-order chi connectivity index (χ0) is 13.4. The molecule has 0 aromatic heterocycles. The van der Waals surface area contributed by atoms with Gasteiger partial charge in [0.25, 0.3) is 0 Å². The quantitative estimate of drug-likeness (QED) is 0.600. The topological polar surface area (TPSA) is 66.7 Å². The predicted octanol–water partition coefficient (Wildman–Crippen LogP) is 1.55. The zero-order valence-electron chi connectivity index (χ0n) is 10.9. The number of carboxylic acids is 1. The molecule has 1 heterocycles. The summed E-state index contributed by atoms with van der Waals surface area (Å²) in [4.78, 5) is 22.2. The Morgan fingerprint density at radius 3 is 2.24 bits per heavy atom. The van der Waals surface area contributed by atoms with Gasteiger partial charge >= 0.3 is 5.97 Å². The van der Waals surface area contributed by atoms with Crippen LogP contribution in [0.2, 0.25) is 0 Å². The van der Waals surface area contributed by atoms with Crippen LogP contribution in [0.3, 0.4) is 0 Å². The highest BCUT2D eigenvalue weighted by molar-refractivity contribution is 6.41. The Hall–Kier alpha value is -1.49. The van der Waals surface area contributed by atoms with E-state index in [9.17, 15) is 9.59 Å². The van der Waals surface area contributed by atoms with Gasteiger partial charge in [-0.3, -0.25) is 4.79 Å². The van der Waals surface area contributed by atoms with E-state index < -0.39 is 5.97 Å². The van der Waals surface area contributed by atoms with Gasteiger partial charge in [-0.1, -0.05) is 5.10 Å². The van der Waals surface area contributed by atoms with Crippen LogP contribution in [-0.2, 0) is 9.59 Å². The molecule has 0 aliphatic carbocycles. The third-order valence-corrected chi connectivity index (χ3v) is 3.05. The Kier molecular flexibility index (Phi) is 3.25. The fourth-order valence-electron chi connectivity index (χ4n) is 2.44. The van der Waals surface area contributed by atoms with Gasteiger partial charge in [0.15, 0.2) is 0 Å². The molecule has 17 heavy (non-hydrogen) atoms. The van der Waals surface area contributed by atoms with Crippen molar-refractivity contribution < 1.29 is 19.3 Å². The molecule has 0 spiro atoms. The highest BCUT2D eigenvalue weighted by atomic mass is 16.4. The molecule has 0 amide bonds. The summed E-state index contributed by atoms with van der Waals surface area (Å²) in [5, 5.41) is 13.3. The van der Waals surface area contributed by atoms with Crippen LogP contribution in [0.1, 0.15) is 34.6 Å². The summed E-state index contributed by atoms with van der Waals surface area (Å²) in [6, 6.07) is -0.0108. The number of aliphatic carboxylic acids is 1. The normalized spacial score (nSPS) is 24.6. The van der Waals surface area contributed by atoms with E-state index in [0.29, 0.717) is 12.0 Å². The lowest BCUT2D eigenvalue weighted by Gasteiger charge is -2.43. The first kappa shape index (κ1) is 13.6. The summed E-state index contributed by atoms with van der Waals surface area (Å²) in [5.74, 6) is -1.10. The van der Waals surface area contributed by atoms with Crippen LogP contribution in [0.25, 0.3) is 0 Å². The molecule has 0 saturated heterocycles. The van der Waals surface area contributed by atoms with E-state index >= 15 is 0 Å².